The lowest BCUT2D eigenvalue weighted by atomic mass is 10.2. The number of ether oxygens (including phenoxy) is 1. The molecule has 0 bridgehead atoms. The standard InChI is InChI=1S/C19H30BrN5O4/c1-6-7-8-11-24-13-14(22-16(24)20)23(5)18(28)25(15(13)26)12-9-10-21-17(27)29-19(2,3)4/h6-12H2,1-5H3,(H,21,27). The van der Waals surface area contributed by atoms with Gasteiger partial charge in [-0.2, -0.15) is 0 Å². The Labute approximate surface area is 178 Å². The Bertz CT molecular complexity index is 984. The molecule has 0 aliphatic rings. The van der Waals surface area contributed by atoms with Crippen LogP contribution in [-0.2, 0) is 24.9 Å². The fourth-order valence-electron chi connectivity index (χ4n) is 3.01. The van der Waals surface area contributed by atoms with Crippen molar-refractivity contribution in [1.29, 1.82) is 0 Å². The third kappa shape index (κ3) is 5.71. The molecule has 0 radical (unpaired) electrons. The molecule has 0 aliphatic heterocycles. The Morgan fingerprint density at radius 3 is 2.41 bits per heavy atom. The number of amides is 1. The molecule has 10 heteroatoms. The number of carbonyl (C=O) groups excluding carboxylic acids is 1. The smallest absolute Gasteiger partial charge is 0.407 e. The summed E-state index contributed by atoms with van der Waals surface area (Å²) in [6, 6.07) is 0. The van der Waals surface area contributed by atoms with Crippen molar-refractivity contribution in [2.75, 3.05) is 6.54 Å². The molecule has 0 saturated carbocycles. The van der Waals surface area contributed by atoms with Gasteiger partial charge in [-0.15, -0.1) is 0 Å². The minimum Gasteiger partial charge on any atom is -0.444 e. The van der Waals surface area contributed by atoms with Crippen LogP contribution in [0.5, 0.6) is 0 Å². The topological polar surface area (TPSA) is 100 Å². The van der Waals surface area contributed by atoms with Crippen LogP contribution in [0.15, 0.2) is 14.3 Å². The van der Waals surface area contributed by atoms with Crippen molar-refractivity contribution in [2.24, 2.45) is 7.05 Å². The van der Waals surface area contributed by atoms with Gasteiger partial charge in [0.1, 0.15) is 5.60 Å². The second kappa shape index (κ2) is 9.60. The molecule has 9 nitrogen and oxygen atoms in total. The lowest BCUT2D eigenvalue weighted by Crippen LogP contribution is -2.40. The highest BCUT2D eigenvalue weighted by Gasteiger charge is 2.19. The Hall–Kier alpha value is -2.10. The van der Waals surface area contributed by atoms with Crippen LogP contribution in [-0.4, -0.2) is 36.9 Å². The monoisotopic (exact) mass is 471 g/mol. The summed E-state index contributed by atoms with van der Waals surface area (Å²) in [5.41, 5.74) is -0.590. The van der Waals surface area contributed by atoms with E-state index in [1.807, 2.05) is 4.57 Å². The zero-order valence-corrected chi connectivity index (χ0v) is 19.3. The Balaban J connectivity index is 2.21. The summed E-state index contributed by atoms with van der Waals surface area (Å²) in [5, 5.41) is 2.64. The van der Waals surface area contributed by atoms with Crippen LogP contribution in [0.2, 0.25) is 0 Å². The third-order valence-corrected chi connectivity index (χ3v) is 5.00. The summed E-state index contributed by atoms with van der Waals surface area (Å²) < 4.78 is 10.1. The van der Waals surface area contributed by atoms with Crippen LogP contribution in [0.25, 0.3) is 11.2 Å². The average molecular weight is 472 g/mol. The van der Waals surface area contributed by atoms with Gasteiger partial charge in [-0.25, -0.2) is 14.6 Å². The van der Waals surface area contributed by atoms with Gasteiger partial charge < -0.3 is 14.6 Å². The minimum absolute atomic E-state index is 0.189. The van der Waals surface area contributed by atoms with Crippen molar-refractivity contribution in [3.63, 3.8) is 0 Å². The second-order valence-corrected chi connectivity index (χ2v) is 8.70. The molecule has 29 heavy (non-hydrogen) atoms. The molecule has 0 aromatic carbocycles. The largest absolute Gasteiger partial charge is 0.444 e. The van der Waals surface area contributed by atoms with Crippen molar-refractivity contribution in [3.05, 3.63) is 25.6 Å². The Kier molecular flexibility index (Phi) is 7.67. The normalized spacial score (nSPS) is 11.8. The first kappa shape index (κ1) is 23.2. The molecule has 1 N–H and O–H groups in total. The number of nitrogens with zero attached hydrogens (tertiary/aromatic N) is 4. The maximum absolute atomic E-state index is 13.0. The van der Waals surface area contributed by atoms with Crippen LogP contribution < -0.4 is 16.6 Å². The van der Waals surface area contributed by atoms with E-state index in [1.54, 1.807) is 27.8 Å². The highest BCUT2D eigenvalue weighted by molar-refractivity contribution is 9.10. The zero-order chi connectivity index (χ0) is 21.8. The number of aryl methyl sites for hydroxylation is 2. The van der Waals surface area contributed by atoms with Gasteiger partial charge in [-0.1, -0.05) is 19.8 Å². The number of imidazole rings is 1. The lowest BCUT2D eigenvalue weighted by molar-refractivity contribution is 0.0526. The number of nitrogens with one attached hydrogen (secondary N) is 1. The van der Waals surface area contributed by atoms with E-state index < -0.39 is 17.4 Å². The number of fused-ring (bicyclic) bond motifs is 1. The van der Waals surface area contributed by atoms with Crippen molar-refractivity contribution in [1.82, 2.24) is 24.0 Å². The van der Waals surface area contributed by atoms with E-state index in [0.717, 1.165) is 19.3 Å². The maximum Gasteiger partial charge on any atom is 0.407 e. The summed E-state index contributed by atoms with van der Waals surface area (Å²) in [4.78, 5) is 41.8. The molecule has 2 rings (SSSR count). The van der Waals surface area contributed by atoms with E-state index in [1.165, 1.54) is 9.13 Å². The van der Waals surface area contributed by atoms with E-state index in [2.05, 4.69) is 33.2 Å². The van der Waals surface area contributed by atoms with Crippen LogP contribution >= 0.6 is 15.9 Å². The van der Waals surface area contributed by atoms with Gasteiger partial charge in [0, 0.05) is 26.7 Å². The predicted octanol–water partition coefficient (Wildman–Crippen LogP) is 2.76. The molecule has 0 atom stereocenters. The van der Waals surface area contributed by atoms with E-state index in [-0.39, 0.29) is 12.1 Å². The number of rotatable bonds is 8. The summed E-state index contributed by atoms with van der Waals surface area (Å²) >= 11 is 3.41. The predicted molar refractivity (Wildman–Crippen MR) is 115 cm³/mol. The fourth-order valence-corrected chi connectivity index (χ4v) is 3.53. The van der Waals surface area contributed by atoms with Gasteiger partial charge in [0.2, 0.25) is 0 Å². The number of hydrogen-bond donors (Lipinski definition) is 1. The number of carbonyl (C=O) groups is 1. The Morgan fingerprint density at radius 2 is 1.79 bits per heavy atom. The first-order chi connectivity index (χ1) is 13.6. The molecule has 1 amide bonds. The molecule has 2 aromatic rings. The number of hydrogen-bond acceptors (Lipinski definition) is 5. The number of aromatic nitrogens is 4. The SMILES string of the molecule is CCCCCn1c(Br)nc2c1c(=O)n(CCCNC(=O)OC(C)(C)C)c(=O)n2C. The highest BCUT2D eigenvalue weighted by Crippen LogP contribution is 2.17. The molecule has 0 fully saturated rings. The summed E-state index contributed by atoms with van der Waals surface area (Å²) in [7, 11) is 1.61. The van der Waals surface area contributed by atoms with Crippen molar-refractivity contribution in [2.45, 2.75) is 72.1 Å². The van der Waals surface area contributed by atoms with Crippen LogP contribution in [0.4, 0.5) is 4.79 Å². The van der Waals surface area contributed by atoms with Gasteiger partial charge >= 0.3 is 11.8 Å². The van der Waals surface area contributed by atoms with Gasteiger partial charge in [0.05, 0.1) is 0 Å². The van der Waals surface area contributed by atoms with Gasteiger partial charge in [-0.05, 0) is 49.5 Å². The van der Waals surface area contributed by atoms with Crippen LogP contribution in [0.3, 0.4) is 0 Å². The molecule has 162 valence electrons. The minimum atomic E-state index is -0.578. The van der Waals surface area contributed by atoms with Crippen molar-refractivity contribution < 1.29 is 9.53 Å². The molecular formula is C19H30BrN5O4. The lowest BCUT2D eigenvalue weighted by Gasteiger charge is -2.19. The molecule has 0 saturated heterocycles. The first-order valence-corrected chi connectivity index (χ1v) is 10.7. The number of alkyl carbamates (subject to hydrolysis) is 1. The summed E-state index contributed by atoms with van der Waals surface area (Å²) in [6.07, 6.45) is 2.93. The highest BCUT2D eigenvalue weighted by atomic mass is 79.9. The van der Waals surface area contributed by atoms with Crippen molar-refractivity contribution in [3.8, 4) is 0 Å². The summed E-state index contributed by atoms with van der Waals surface area (Å²) in [5.74, 6) is 0. The zero-order valence-electron chi connectivity index (χ0n) is 17.7. The van der Waals surface area contributed by atoms with E-state index in [4.69, 9.17) is 4.74 Å². The Morgan fingerprint density at radius 1 is 1.14 bits per heavy atom. The third-order valence-electron chi connectivity index (χ3n) is 4.40. The molecule has 2 aromatic heterocycles. The number of halogens is 1. The van der Waals surface area contributed by atoms with Gasteiger partial charge in [0.25, 0.3) is 5.56 Å². The van der Waals surface area contributed by atoms with Gasteiger partial charge in [-0.3, -0.25) is 13.9 Å². The van der Waals surface area contributed by atoms with E-state index in [9.17, 15) is 14.4 Å². The average Bonchev–Trinajstić information content (AvgIpc) is 2.95. The first-order valence-electron chi connectivity index (χ1n) is 9.89. The van der Waals surface area contributed by atoms with E-state index >= 15 is 0 Å². The molecule has 2 heterocycles. The maximum atomic E-state index is 13.0. The van der Waals surface area contributed by atoms with Crippen molar-refractivity contribution >= 4 is 33.2 Å². The molecule has 0 aliphatic carbocycles. The van der Waals surface area contributed by atoms with Crippen LogP contribution in [0.1, 0.15) is 53.4 Å². The van der Waals surface area contributed by atoms with Crippen LogP contribution in [0, 0.1) is 0 Å². The number of unbranched alkanes of at least 4 members (excludes halogenated alkanes) is 2. The molecule has 0 spiro atoms. The van der Waals surface area contributed by atoms with Gasteiger partial charge in [0.15, 0.2) is 15.9 Å². The summed E-state index contributed by atoms with van der Waals surface area (Å²) in [6.45, 7) is 8.60. The quantitative estimate of drug-likeness (QED) is 0.471. The molecule has 0 unspecified atom stereocenters. The van der Waals surface area contributed by atoms with E-state index in [0.29, 0.717) is 35.4 Å². The second-order valence-electron chi connectivity index (χ2n) is 7.99. The molecular weight excluding hydrogens is 442 g/mol. The fraction of sp³-hybridized carbons (Fsp3) is 0.684.